The van der Waals surface area contributed by atoms with Crippen molar-refractivity contribution in [2.45, 2.75) is 30.7 Å². The van der Waals surface area contributed by atoms with Crippen LogP contribution in [0.2, 0.25) is 0 Å². The number of aliphatic hydroxyl groups excluding tert-OH is 1. The third-order valence-electron chi connectivity index (χ3n) is 5.38. The highest BCUT2D eigenvalue weighted by atomic mass is 32.2. The maximum atomic E-state index is 13.3. The molecule has 37 heavy (non-hydrogen) atoms. The van der Waals surface area contributed by atoms with Gasteiger partial charge in [-0.25, -0.2) is 14.4 Å². The highest BCUT2D eigenvalue weighted by molar-refractivity contribution is 7.98. The number of pyridine rings is 1. The van der Waals surface area contributed by atoms with Gasteiger partial charge in [-0.15, -0.1) is 0 Å². The largest absolute Gasteiger partial charge is 0.491 e. The Morgan fingerprint density at radius 2 is 1.70 bits per heavy atom. The molecule has 186 valence electrons. The van der Waals surface area contributed by atoms with Crippen LogP contribution in [0.3, 0.4) is 0 Å². The van der Waals surface area contributed by atoms with Gasteiger partial charge in [-0.3, -0.25) is 0 Å². The predicted molar refractivity (Wildman–Crippen MR) is 137 cm³/mol. The molecule has 2 aromatic carbocycles. The SMILES string of the molecule is Cc1oc(-c2ccc(F)cc2)nc1CSc1nc(N)c(C#N)c(-c2ccc(OC[C@H](C)O)cc2)c1C#N. The average molecular weight is 516 g/mol. The van der Waals surface area contributed by atoms with Crippen molar-refractivity contribution in [3.8, 4) is 40.5 Å². The van der Waals surface area contributed by atoms with Gasteiger partial charge in [0.15, 0.2) is 0 Å². The molecular weight excluding hydrogens is 493 g/mol. The Kier molecular flexibility index (Phi) is 7.73. The van der Waals surface area contributed by atoms with E-state index in [4.69, 9.17) is 14.9 Å². The molecule has 0 aliphatic rings. The van der Waals surface area contributed by atoms with E-state index in [0.717, 1.165) is 0 Å². The van der Waals surface area contributed by atoms with Gasteiger partial charge in [0.1, 0.15) is 52.5 Å². The van der Waals surface area contributed by atoms with Gasteiger partial charge in [0.25, 0.3) is 0 Å². The first kappa shape index (κ1) is 25.7. The van der Waals surface area contributed by atoms with Gasteiger partial charge in [-0.2, -0.15) is 10.5 Å². The van der Waals surface area contributed by atoms with Crippen LogP contribution in [-0.2, 0) is 5.75 Å². The molecule has 0 bridgehead atoms. The molecule has 0 saturated heterocycles. The molecule has 0 aliphatic carbocycles. The molecule has 0 radical (unpaired) electrons. The van der Waals surface area contributed by atoms with Crippen LogP contribution in [0.15, 0.2) is 58.0 Å². The van der Waals surface area contributed by atoms with Crippen molar-refractivity contribution in [2.75, 3.05) is 12.3 Å². The molecule has 3 N–H and O–H groups in total. The number of benzene rings is 2. The van der Waals surface area contributed by atoms with Crippen LogP contribution in [0.5, 0.6) is 5.75 Å². The van der Waals surface area contributed by atoms with Crippen LogP contribution in [-0.4, -0.2) is 27.8 Å². The summed E-state index contributed by atoms with van der Waals surface area (Å²) in [6.45, 7) is 3.53. The summed E-state index contributed by atoms with van der Waals surface area (Å²) in [6.07, 6.45) is -0.616. The first-order chi connectivity index (χ1) is 17.8. The summed E-state index contributed by atoms with van der Waals surface area (Å²) in [6, 6.07) is 16.9. The van der Waals surface area contributed by atoms with Crippen LogP contribution in [0.1, 0.15) is 29.5 Å². The molecule has 8 nitrogen and oxygen atoms in total. The monoisotopic (exact) mass is 515 g/mol. The Bertz CT molecular complexity index is 1500. The topological polar surface area (TPSA) is 142 Å². The lowest BCUT2D eigenvalue weighted by molar-refractivity contribution is 0.123. The number of hydrogen-bond donors (Lipinski definition) is 2. The minimum atomic E-state index is -0.616. The standard InChI is InChI=1S/C27H22FN5O3S/c1-15(34)13-35-20-9-5-17(6-10-20)24-21(11-29)25(31)33-27(22(24)12-30)37-14-23-16(2)36-26(32-23)18-3-7-19(28)8-4-18/h3-10,15,34H,13-14H2,1-2H3,(H2,31,33)/t15-/m0/s1. The molecule has 0 fully saturated rings. The van der Waals surface area contributed by atoms with Gasteiger partial charge in [-0.1, -0.05) is 23.9 Å². The van der Waals surface area contributed by atoms with Crippen LogP contribution >= 0.6 is 11.8 Å². The van der Waals surface area contributed by atoms with Crippen LogP contribution in [0, 0.1) is 35.4 Å². The van der Waals surface area contributed by atoms with Gasteiger partial charge in [0.2, 0.25) is 5.89 Å². The number of oxazole rings is 1. The van der Waals surface area contributed by atoms with E-state index in [9.17, 15) is 20.0 Å². The summed E-state index contributed by atoms with van der Waals surface area (Å²) < 4.78 is 24.5. The van der Waals surface area contributed by atoms with E-state index >= 15 is 0 Å². The number of halogens is 1. The van der Waals surface area contributed by atoms with E-state index in [-0.39, 0.29) is 29.4 Å². The van der Waals surface area contributed by atoms with E-state index in [2.05, 4.69) is 22.1 Å². The number of nitrogens with zero attached hydrogens (tertiary/aromatic N) is 4. The first-order valence-electron chi connectivity index (χ1n) is 11.2. The fraction of sp³-hybridized carbons (Fsp3) is 0.185. The maximum absolute atomic E-state index is 13.3. The Balaban J connectivity index is 1.65. The molecule has 0 saturated carbocycles. The summed E-state index contributed by atoms with van der Waals surface area (Å²) >= 11 is 1.25. The molecule has 1 atom stereocenters. The number of aromatic nitrogens is 2. The Morgan fingerprint density at radius 1 is 1.05 bits per heavy atom. The lowest BCUT2D eigenvalue weighted by Gasteiger charge is -2.14. The second kappa shape index (κ2) is 11.1. The van der Waals surface area contributed by atoms with Crippen molar-refractivity contribution >= 4 is 17.6 Å². The minimum absolute atomic E-state index is 0.0114. The van der Waals surface area contributed by atoms with Crippen molar-refractivity contribution in [1.29, 1.82) is 10.5 Å². The third kappa shape index (κ3) is 5.72. The van der Waals surface area contributed by atoms with Crippen molar-refractivity contribution in [1.82, 2.24) is 9.97 Å². The van der Waals surface area contributed by atoms with E-state index in [1.54, 1.807) is 50.2 Å². The van der Waals surface area contributed by atoms with Crippen LogP contribution < -0.4 is 10.5 Å². The van der Waals surface area contributed by atoms with Crippen molar-refractivity contribution < 1.29 is 18.7 Å². The number of nitriles is 2. The number of nitrogens with two attached hydrogens (primary N) is 1. The highest BCUT2D eigenvalue weighted by Gasteiger charge is 2.22. The fourth-order valence-corrected chi connectivity index (χ4v) is 4.54. The van der Waals surface area contributed by atoms with Crippen LogP contribution in [0.25, 0.3) is 22.6 Å². The summed E-state index contributed by atoms with van der Waals surface area (Å²) in [7, 11) is 0. The number of aryl methyl sites for hydroxylation is 1. The molecule has 10 heteroatoms. The normalized spacial score (nSPS) is 11.5. The fourth-order valence-electron chi connectivity index (χ4n) is 3.54. The van der Waals surface area contributed by atoms with Crippen LogP contribution in [0.4, 0.5) is 10.2 Å². The number of ether oxygens (including phenoxy) is 1. The Hall–Kier alpha value is -4.38. The van der Waals surface area contributed by atoms with Gasteiger partial charge >= 0.3 is 0 Å². The Morgan fingerprint density at radius 3 is 2.32 bits per heavy atom. The van der Waals surface area contributed by atoms with E-state index in [1.165, 1.54) is 23.9 Å². The molecule has 0 amide bonds. The summed E-state index contributed by atoms with van der Waals surface area (Å²) in [5.41, 5.74) is 8.71. The lowest BCUT2D eigenvalue weighted by Crippen LogP contribution is -2.12. The van der Waals surface area contributed by atoms with E-state index in [0.29, 0.717) is 50.6 Å². The van der Waals surface area contributed by atoms with E-state index in [1.807, 2.05) is 0 Å². The first-order valence-corrected chi connectivity index (χ1v) is 12.2. The number of hydrogen-bond acceptors (Lipinski definition) is 9. The summed E-state index contributed by atoms with van der Waals surface area (Å²) in [4.78, 5) is 8.85. The quantitative estimate of drug-likeness (QED) is 0.302. The highest BCUT2D eigenvalue weighted by Crippen LogP contribution is 2.37. The number of anilines is 1. The molecule has 4 aromatic rings. The van der Waals surface area contributed by atoms with Gasteiger partial charge in [0.05, 0.1) is 17.4 Å². The summed E-state index contributed by atoms with van der Waals surface area (Å²) in [5.74, 6) is 1.47. The molecular formula is C27H22FN5O3S. The van der Waals surface area contributed by atoms with Gasteiger partial charge in [-0.05, 0) is 55.8 Å². The smallest absolute Gasteiger partial charge is 0.226 e. The van der Waals surface area contributed by atoms with E-state index < -0.39 is 6.10 Å². The lowest BCUT2D eigenvalue weighted by atomic mass is 9.97. The molecule has 0 spiro atoms. The number of thioether (sulfide) groups is 1. The second-order valence-electron chi connectivity index (χ2n) is 8.15. The minimum Gasteiger partial charge on any atom is -0.491 e. The zero-order valence-corrected chi connectivity index (χ0v) is 20.8. The van der Waals surface area contributed by atoms with Crippen molar-refractivity contribution in [3.63, 3.8) is 0 Å². The average Bonchev–Trinajstić information content (AvgIpc) is 3.26. The molecule has 2 heterocycles. The molecule has 0 unspecified atom stereocenters. The molecule has 4 rings (SSSR count). The van der Waals surface area contributed by atoms with Crippen molar-refractivity contribution in [3.05, 3.63) is 76.9 Å². The second-order valence-corrected chi connectivity index (χ2v) is 9.12. The number of rotatable bonds is 8. The maximum Gasteiger partial charge on any atom is 0.226 e. The summed E-state index contributed by atoms with van der Waals surface area (Å²) in [5, 5.41) is 29.6. The van der Waals surface area contributed by atoms with Crippen molar-refractivity contribution in [2.24, 2.45) is 0 Å². The molecule has 0 aliphatic heterocycles. The number of nitrogen functional groups attached to an aromatic ring is 1. The van der Waals surface area contributed by atoms with Gasteiger partial charge in [0, 0.05) is 16.9 Å². The molecule has 2 aromatic heterocycles. The number of aliphatic hydroxyl groups is 1. The third-order valence-corrected chi connectivity index (χ3v) is 6.37. The zero-order chi connectivity index (χ0) is 26.5. The Labute approximate surface area is 217 Å². The predicted octanol–water partition coefficient (Wildman–Crippen LogP) is 5.23. The zero-order valence-electron chi connectivity index (χ0n) is 20.0. The van der Waals surface area contributed by atoms with Gasteiger partial charge < -0.3 is 20.0 Å².